The number of nitrogens with one attached hydrogen (secondary N) is 1. The molecular weight excluding hydrogens is 252 g/mol. The first-order valence-electron chi connectivity index (χ1n) is 5.63. The number of sulfone groups is 1. The molecule has 1 aromatic rings. The summed E-state index contributed by atoms with van der Waals surface area (Å²) in [4.78, 5) is 11.4. The average molecular weight is 270 g/mol. The van der Waals surface area contributed by atoms with Crippen molar-refractivity contribution in [3.05, 3.63) is 35.4 Å². The van der Waals surface area contributed by atoms with Crippen molar-refractivity contribution < 1.29 is 13.2 Å². The van der Waals surface area contributed by atoms with Crippen LogP contribution < -0.4 is 11.1 Å². The molecule has 0 fully saturated rings. The molecule has 0 aliphatic carbocycles. The molecule has 0 aliphatic heterocycles. The van der Waals surface area contributed by atoms with Gasteiger partial charge in [-0.05, 0) is 11.1 Å². The Kier molecular flexibility index (Phi) is 5.30. The van der Waals surface area contributed by atoms with E-state index in [1.165, 1.54) is 0 Å². The van der Waals surface area contributed by atoms with Crippen LogP contribution in [-0.2, 0) is 27.7 Å². The summed E-state index contributed by atoms with van der Waals surface area (Å²) in [6.07, 6.45) is 1.12. The van der Waals surface area contributed by atoms with Gasteiger partial charge in [0.15, 0.2) is 0 Å². The van der Waals surface area contributed by atoms with E-state index in [0.717, 1.165) is 17.4 Å². The van der Waals surface area contributed by atoms with Gasteiger partial charge in [-0.2, -0.15) is 0 Å². The van der Waals surface area contributed by atoms with Crippen LogP contribution in [0.2, 0.25) is 0 Å². The number of hydrogen-bond donors (Lipinski definition) is 2. The first-order valence-corrected chi connectivity index (χ1v) is 7.69. The van der Waals surface area contributed by atoms with Crippen molar-refractivity contribution in [3.63, 3.8) is 0 Å². The zero-order chi connectivity index (χ0) is 13.6. The SMILES string of the molecule is CS(=O)(=O)CCC(=O)NCc1ccc(CN)cc1. The van der Waals surface area contributed by atoms with Gasteiger partial charge in [0.2, 0.25) is 5.91 Å². The average Bonchev–Trinajstić information content (AvgIpc) is 2.33. The van der Waals surface area contributed by atoms with E-state index in [2.05, 4.69) is 5.32 Å². The Labute approximate surface area is 107 Å². The summed E-state index contributed by atoms with van der Waals surface area (Å²) in [5, 5.41) is 2.67. The van der Waals surface area contributed by atoms with Gasteiger partial charge in [-0.15, -0.1) is 0 Å². The fourth-order valence-corrected chi connectivity index (χ4v) is 1.92. The van der Waals surface area contributed by atoms with E-state index in [9.17, 15) is 13.2 Å². The molecule has 0 aromatic heterocycles. The van der Waals surface area contributed by atoms with Gasteiger partial charge >= 0.3 is 0 Å². The maximum absolute atomic E-state index is 11.4. The second kappa shape index (κ2) is 6.51. The van der Waals surface area contributed by atoms with Gasteiger partial charge in [0.1, 0.15) is 9.84 Å². The minimum Gasteiger partial charge on any atom is -0.352 e. The molecular formula is C12H18N2O3S. The van der Waals surface area contributed by atoms with Crippen molar-refractivity contribution in [2.45, 2.75) is 19.5 Å². The molecule has 0 heterocycles. The lowest BCUT2D eigenvalue weighted by atomic mass is 10.1. The highest BCUT2D eigenvalue weighted by Crippen LogP contribution is 2.03. The molecule has 3 N–H and O–H groups in total. The zero-order valence-corrected chi connectivity index (χ0v) is 11.2. The minimum atomic E-state index is -3.09. The highest BCUT2D eigenvalue weighted by molar-refractivity contribution is 7.90. The smallest absolute Gasteiger partial charge is 0.221 e. The summed E-state index contributed by atoms with van der Waals surface area (Å²) < 4.78 is 21.8. The van der Waals surface area contributed by atoms with Crippen molar-refractivity contribution >= 4 is 15.7 Å². The summed E-state index contributed by atoms with van der Waals surface area (Å²) in [5.74, 6) is -0.381. The molecule has 5 nitrogen and oxygen atoms in total. The summed E-state index contributed by atoms with van der Waals surface area (Å²) >= 11 is 0. The Bertz CT molecular complexity index is 495. The minimum absolute atomic E-state index is 0.000281. The quantitative estimate of drug-likeness (QED) is 0.772. The van der Waals surface area contributed by atoms with Gasteiger partial charge in [-0.25, -0.2) is 8.42 Å². The monoisotopic (exact) mass is 270 g/mol. The standard InChI is InChI=1S/C12H18N2O3S/c1-18(16,17)7-6-12(15)14-9-11-4-2-10(8-13)3-5-11/h2-5H,6-9,13H2,1H3,(H,14,15). The van der Waals surface area contributed by atoms with Crippen LogP contribution >= 0.6 is 0 Å². The second-order valence-corrected chi connectivity index (χ2v) is 6.44. The van der Waals surface area contributed by atoms with Crippen molar-refractivity contribution in [1.29, 1.82) is 0 Å². The summed E-state index contributed by atoms with van der Waals surface area (Å²) in [5.41, 5.74) is 7.46. The normalized spacial score (nSPS) is 11.2. The van der Waals surface area contributed by atoms with Crippen molar-refractivity contribution in [3.8, 4) is 0 Å². The largest absolute Gasteiger partial charge is 0.352 e. The molecule has 100 valence electrons. The number of carbonyl (C=O) groups is 1. The maximum Gasteiger partial charge on any atom is 0.221 e. The Hall–Kier alpha value is -1.40. The molecule has 1 aromatic carbocycles. The highest BCUT2D eigenvalue weighted by Gasteiger charge is 2.07. The fraction of sp³-hybridized carbons (Fsp3) is 0.417. The number of hydrogen-bond acceptors (Lipinski definition) is 4. The first-order chi connectivity index (χ1) is 8.40. The second-order valence-electron chi connectivity index (χ2n) is 4.18. The molecule has 1 amide bonds. The van der Waals surface area contributed by atoms with E-state index in [4.69, 9.17) is 5.73 Å². The first kappa shape index (κ1) is 14.7. The van der Waals surface area contributed by atoms with Gasteiger partial charge in [0.05, 0.1) is 5.75 Å². The predicted octanol–water partition coefficient (Wildman–Crippen LogP) is 0.196. The van der Waals surface area contributed by atoms with Gasteiger partial charge in [-0.1, -0.05) is 24.3 Å². The fourth-order valence-electron chi connectivity index (χ4n) is 1.36. The Morgan fingerprint density at radius 2 is 1.78 bits per heavy atom. The van der Waals surface area contributed by atoms with E-state index in [1.807, 2.05) is 24.3 Å². The maximum atomic E-state index is 11.4. The molecule has 0 aliphatic rings. The van der Waals surface area contributed by atoms with E-state index in [-0.39, 0.29) is 18.1 Å². The molecule has 1 rings (SSSR count). The van der Waals surface area contributed by atoms with Crippen LogP contribution in [0.15, 0.2) is 24.3 Å². The third-order valence-electron chi connectivity index (χ3n) is 2.45. The summed E-state index contributed by atoms with van der Waals surface area (Å²) in [6.45, 7) is 0.883. The molecule has 0 bridgehead atoms. The number of nitrogens with two attached hydrogens (primary N) is 1. The lowest BCUT2D eigenvalue weighted by Crippen LogP contribution is -2.24. The summed E-state index contributed by atoms with van der Waals surface area (Å²) in [6, 6.07) is 7.58. The Morgan fingerprint density at radius 1 is 1.22 bits per heavy atom. The molecule has 0 saturated carbocycles. The van der Waals surface area contributed by atoms with Crippen LogP contribution in [0.5, 0.6) is 0 Å². The third kappa shape index (κ3) is 5.79. The molecule has 6 heteroatoms. The Balaban J connectivity index is 2.38. The van der Waals surface area contributed by atoms with Gasteiger partial charge < -0.3 is 11.1 Å². The zero-order valence-electron chi connectivity index (χ0n) is 10.3. The molecule has 0 unspecified atom stereocenters. The number of benzene rings is 1. The van der Waals surface area contributed by atoms with Crippen molar-refractivity contribution in [2.75, 3.05) is 12.0 Å². The lowest BCUT2D eigenvalue weighted by Gasteiger charge is -2.05. The van der Waals surface area contributed by atoms with Crippen LogP contribution in [-0.4, -0.2) is 26.3 Å². The van der Waals surface area contributed by atoms with Crippen LogP contribution in [0.3, 0.4) is 0 Å². The van der Waals surface area contributed by atoms with Crippen molar-refractivity contribution in [1.82, 2.24) is 5.32 Å². The molecule has 0 atom stereocenters. The highest BCUT2D eigenvalue weighted by atomic mass is 32.2. The van der Waals surface area contributed by atoms with E-state index >= 15 is 0 Å². The van der Waals surface area contributed by atoms with Crippen LogP contribution in [0.25, 0.3) is 0 Å². The van der Waals surface area contributed by atoms with E-state index < -0.39 is 9.84 Å². The van der Waals surface area contributed by atoms with Gasteiger partial charge in [-0.3, -0.25) is 4.79 Å². The predicted molar refractivity (Wildman–Crippen MR) is 70.5 cm³/mol. The van der Waals surface area contributed by atoms with Crippen LogP contribution in [0.1, 0.15) is 17.5 Å². The topological polar surface area (TPSA) is 89.3 Å². The molecule has 18 heavy (non-hydrogen) atoms. The van der Waals surface area contributed by atoms with Crippen LogP contribution in [0.4, 0.5) is 0 Å². The number of amides is 1. The summed E-state index contributed by atoms with van der Waals surface area (Å²) in [7, 11) is -3.09. The molecule has 0 radical (unpaired) electrons. The molecule has 0 spiro atoms. The lowest BCUT2D eigenvalue weighted by molar-refractivity contribution is -0.120. The van der Waals surface area contributed by atoms with E-state index in [0.29, 0.717) is 13.1 Å². The van der Waals surface area contributed by atoms with Crippen LogP contribution in [0, 0.1) is 0 Å². The van der Waals surface area contributed by atoms with Gasteiger partial charge in [0.25, 0.3) is 0 Å². The number of carbonyl (C=O) groups excluding carboxylic acids is 1. The molecule has 0 saturated heterocycles. The Morgan fingerprint density at radius 3 is 2.28 bits per heavy atom. The third-order valence-corrected chi connectivity index (χ3v) is 3.39. The van der Waals surface area contributed by atoms with E-state index in [1.54, 1.807) is 0 Å². The van der Waals surface area contributed by atoms with Crippen molar-refractivity contribution in [2.24, 2.45) is 5.73 Å². The number of rotatable bonds is 6. The van der Waals surface area contributed by atoms with Gasteiger partial charge in [0, 0.05) is 25.8 Å².